The molecule has 19 heavy (non-hydrogen) atoms. The maximum absolute atomic E-state index is 12.0. The van der Waals surface area contributed by atoms with E-state index >= 15 is 0 Å². The molecule has 2 aliphatic heterocycles. The van der Waals surface area contributed by atoms with E-state index in [0.29, 0.717) is 19.0 Å². The lowest BCUT2D eigenvalue weighted by molar-refractivity contribution is -0.124. The SMILES string of the molecule is CCCCN1CCC(NC(=O)C2CC(O)CN2)CC1. The first-order valence-corrected chi connectivity index (χ1v) is 7.63. The summed E-state index contributed by atoms with van der Waals surface area (Å²) in [5.74, 6) is 0.0589. The summed E-state index contributed by atoms with van der Waals surface area (Å²) >= 11 is 0. The van der Waals surface area contributed by atoms with Crippen LogP contribution in [-0.4, -0.2) is 60.3 Å². The van der Waals surface area contributed by atoms with Crippen LogP contribution in [-0.2, 0) is 4.79 Å². The predicted octanol–water partition coefficient (Wildman–Crippen LogP) is 0.0899. The summed E-state index contributed by atoms with van der Waals surface area (Å²) < 4.78 is 0. The first-order valence-electron chi connectivity index (χ1n) is 7.63. The van der Waals surface area contributed by atoms with Crippen molar-refractivity contribution in [3.63, 3.8) is 0 Å². The molecule has 0 aromatic carbocycles. The molecule has 2 saturated heterocycles. The Morgan fingerprint density at radius 3 is 2.74 bits per heavy atom. The minimum atomic E-state index is -0.369. The number of likely N-dealkylation sites (tertiary alicyclic amines) is 1. The number of amides is 1. The molecule has 2 rings (SSSR count). The summed E-state index contributed by atoms with van der Waals surface area (Å²) in [5, 5.41) is 15.6. The van der Waals surface area contributed by atoms with E-state index in [-0.39, 0.29) is 18.1 Å². The van der Waals surface area contributed by atoms with Gasteiger partial charge in [-0.25, -0.2) is 0 Å². The molecule has 5 heteroatoms. The molecule has 2 heterocycles. The molecule has 2 unspecified atom stereocenters. The molecule has 0 aromatic rings. The minimum absolute atomic E-state index is 0.0589. The lowest BCUT2D eigenvalue weighted by Crippen LogP contribution is -2.49. The van der Waals surface area contributed by atoms with Crippen LogP contribution in [0, 0.1) is 0 Å². The number of rotatable bonds is 5. The quantitative estimate of drug-likeness (QED) is 0.662. The van der Waals surface area contributed by atoms with Crippen molar-refractivity contribution in [1.29, 1.82) is 0 Å². The third-order valence-corrected chi connectivity index (χ3v) is 4.19. The third kappa shape index (κ3) is 4.44. The largest absolute Gasteiger partial charge is 0.392 e. The van der Waals surface area contributed by atoms with Crippen LogP contribution >= 0.6 is 0 Å². The van der Waals surface area contributed by atoms with Gasteiger partial charge in [0, 0.05) is 25.7 Å². The number of nitrogens with zero attached hydrogens (tertiary/aromatic N) is 1. The van der Waals surface area contributed by atoms with Gasteiger partial charge in [0.15, 0.2) is 0 Å². The Kier molecular flexibility index (Phi) is 5.60. The van der Waals surface area contributed by atoms with Gasteiger partial charge in [-0.15, -0.1) is 0 Å². The van der Waals surface area contributed by atoms with Crippen molar-refractivity contribution >= 4 is 5.91 Å². The number of hydrogen-bond donors (Lipinski definition) is 3. The van der Waals surface area contributed by atoms with E-state index in [1.54, 1.807) is 0 Å². The number of nitrogens with one attached hydrogen (secondary N) is 2. The summed E-state index contributed by atoms with van der Waals surface area (Å²) in [7, 11) is 0. The summed E-state index contributed by atoms with van der Waals surface area (Å²) in [6.07, 6.45) is 4.77. The molecule has 3 N–H and O–H groups in total. The molecule has 110 valence electrons. The molecule has 0 saturated carbocycles. The summed E-state index contributed by atoms with van der Waals surface area (Å²) in [6, 6.07) is 0.109. The van der Waals surface area contributed by atoms with Gasteiger partial charge < -0.3 is 20.6 Å². The summed E-state index contributed by atoms with van der Waals surface area (Å²) in [6.45, 7) is 6.12. The third-order valence-electron chi connectivity index (χ3n) is 4.19. The van der Waals surface area contributed by atoms with Gasteiger partial charge in [-0.1, -0.05) is 13.3 Å². The normalized spacial score (nSPS) is 29.6. The van der Waals surface area contributed by atoms with Crippen LogP contribution in [0.25, 0.3) is 0 Å². The maximum atomic E-state index is 12.0. The zero-order valence-corrected chi connectivity index (χ0v) is 11.9. The average Bonchev–Trinajstić information content (AvgIpc) is 2.85. The van der Waals surface area contributed by atoms with Crippen molar-refractivity contribution in [2.75, 3.05) is 26.2 Å². The van der Waals surface area contributed by atoms with Gasteiger partial charge in [0.05, 0.1) is 12.1 Å². The van der Waals surface area contributed by atoms with Crippen LogP contribution in [0.2, 0.25) is 0 Å². The van der Waals surface area contributed by atoms with Gasteiger partial charge in [-0.2, -0.15) is 0 Å². The van der Waals surface area contributed by atoms with Gasteiger partial charge in [-0.3, -0.25) is 4.79 Å². The molecular weight excluding hydrogens is 242 g/mol. The highest BCUT2D eigenvalue weighted by atomic mass is 16.3. The zero-order valence-electron chi connectivity index (χ0n) is 11.9. The molecule has 2 atom stereocenters. The predicted molar refractivity (Wildman–Crippen MR) is 74.9 cm³/mol. The zero-order chi connectivity index (χ0) is 13.7. The fourth-order valence-electron chi connectivity index (χ4n) is 2.90. The monoisotopic (exact) mass is 269 g/mol. The Morgan fingerprint density at radius 1 is 1.42 bits per heavy atom. The van der Waals surface area contributed by atoms with E-state index < -0.39 is 0 Å². The van der Waals surface area contributed by atoms with Gasteiger partial charge >= 0.3 is 0 Å². The van der Waals surface area contributed by atoms with E-state index in [4.69, 9.17) is 0 Å². The number of unbranched alkanes of at least 4 members (excludes halogenated alkanes) is 1. The van der Waals surface area contributed by atoms with Crippen molar-refractivity contribution in [2.24, 2.45) is 0 Å². The molecular formula is C14H27N3O2. The van der Waals surface area contributed by atoms with Gasteiger partial charge in [-0.05, 0) is 32.2 Å². The van der Waals surface area contributed by atoms with Gasteiger partial charge in [0.2, 0.25) is 5.91 Å². The second kappa shape index (κ2) is 7.22. The number of carbonyl (C=O) groups excluding carboxylic acids is 1. The molecule has 2 aliphatic rings. The van der Waals surface area contributed by atoms with E-state index in [1.165, 1.54) is 19.4 Å². The van der Waals surface area contributed by atoms with E-state index in [9.17, 15) is 9.90 Å². The van der Waals surface area contributed by atoms with Gasteiger partial charge in [0.1, 0.15) is 0 Å². The second-order valence-electron chi connectivity index (χ2n) is 5.83. The molecule has 1 amide bonds. The standard InChI is InChI=1S/C14H27N3O2/c1-2-3-6-17-7-4-11(5-8-17)16-14(19)13-9-12(18)10-15-13/h11-13,15,18H,2-10H2,1H3,(H,16,19). The molecule has 0 aromatic heterocycles. The van der Waals surface area contributed by atoms with Crippen LogP contribution in [0.5, 0.6) is 0 Å². The highest BCUT2D eigenvalue weighted by molar-refractivity contribution is 5.82. The minimum Gasteiger partial charge on any atom is -0.392 e. The second-order valence-corrected chi connectivity index (χ2v) is 5.83. The van der Waals surface area contributed by atoms with Crippen molar-refractivity contribution in [3.05, 3.63) is 0 Å². The Bertz CT molecular complexity index is 290. The van der Waals surface area contributed by atoms with Gasteiger partial charge in [0.25, 0.3) is 0 Å². The smallest absolute Gasteiger partial charge is 0.237 e. The first-order chi connectivity index (χ1) is 9.19. The lowest BCUT2D eigenvalue weighted by atomic mass is 10.0. The molecule has 2 fully saturated rings. The lowest BCUT2D eigenvalue weighted by Gasteiger charge is -2.32. The number of piperidine rings is 1. The fourth-order valence-corrected chi connectivity index (χ4v) is 2.90. The number of β-amino-alcohol motifs (C(OH)–C–C–N with tert-alkyl or cyclic N) is 1. The topological polar surface area (TPSA) is 64.6 Å². The van der Waals surface area contributed by atoms with Crippen molar-refractivity contribution in [1.82, 2.24) is 15.5 Å². The highest BCUT2D eigenvalue weighted by Crippen LogP contribution is 2.13. The van der Waals surface area contributed by atoms with Crippen molar-refractivity contribution in [2.45, 2.75) is 57.2 Å². The van der Waals surface area contributed by atoms with Crippen LogP contribution in [0.3, 0.4) is 0 Å². The van der Waals surface area contributed by atoms with E-state index in [0.717, 1.165) is 25.9 Å². The Balaban J connectivity index is 1.66. The van der Waals surface area contributed by atoms with Crippen molar-refractivity contribution in [3.8, 4) is 0 Å². The molecule has 0 aliphatic carbocycles. The Hall–Kier alpha value is -0.650. The van der Waals surface area contributed by atoms with Crippen LogP contribution in [0.4, 0.5) is 0 Å². The highest BCUT2D eigenvalue weighted by Gasteiger charge is 2.30. The fraction of sp³-hybridized carbons (Fsp3) is 0.929. The van der Waals surface area contributed by atoms with Crippen LogP contribution in [0.1, 0.15) is 39.0 Å². The number of hydrogen-bond acceptors (Lipinski definition) is 4. The molecule has 0 radical (unpaired) electrons. The van der Waals surface area contributed by atoms with E-state index in [2.05, 4.69) is 22.5 Å². The number of aliphatic hydroxyl groups excluding tert-OH is 1. The average molecular weight is 269 g/mol. The first kappa shape index (κ1) is 14.8. The summed E-state index contributed by atoms with van der Waals surface area (Å²) in [5.41, 5.74) is 0. The number of carbonyl (C=O) groups is 1. The van der Waals surface area contributed by atoms with Crippen LogP contribution in [0.15, 0.2) is 0 Å². The molecule has 5 nitrogen and oxygen atoms in total. The molecule has 0 spiro atoms. The van der Waals surface area contributed by atoms with E-state index in [1.807, 2.05) is 0 Å². The van der Waals surface area contributed by atoms with Crippen LogP contribution < -0.4 is 10.6 Å². The number of aliphatic hydroxyl groups is 1. The molecule has 0 bridgehead atoms. The summed E-state index contributed by atoms with van der Waals surface area (Å²) in [4.78, 5) is 14.5. The maximum Gasteiger partial charge on any atom is 0.237 e. The van der Waals surface area contributed by atoms with Crippen molar-refractivity contribution < 1.29 is 9.90 Å². The Labute approximate surface area is 115 Å². The Morgan fingerprint density at radius 2 is 2.16 bits per heavy atom.